The van der Waals surface area contributed by atoms with Gasteiger partial charge in [-0.25, -0.2) is 58.8 Å². The zero-order chi connectivity index (χ0) is 52.3. The highest BCUT2D eigenvalue weighted by Gasteiger charge is 2.27. The van der Waals surface area contributed by atoms with Crippen molar-refractivity contribution >= 4 is 110 Å². The van der Waals surface area contributed by atoms with Crippen LogP contribution in [0.15, 0.2) is 60.7 Å². The number of para-hydroxylation sites is 1. The van der Waals surface area contributed by atoms with Crippen molar-refractivity contribution in [3.05, 3.63) is 72.0 Å². The van der Waals surface area contributed by atoms with E-state index in [4.69, 9.17) is 4.98 Å². The van der Waals surface area contributed by atoms with Crippen LogP contribution in [0.1, 0.15) is 117 Å². The fourth-order valence-electron chi connectivity index (χ4n) is 9.20. The summed E-state index contributed by atoms with van der Waals surface area (Å²) < 4.78 is 95.1. The summed E-state index contributed by atoms with van der Waals surface area (Å²) in [5.41, 5.74) is 4.14. The van der Waals surface area contributed by atoms with Gasteiger partial charge in [0.25, 0.3) is 0 Å². The van der Waals surface area contributed by atoms with Crippen molar-refractivity contribution in [3.63, 3.8) is 0 Å². The summed E-state index contributed by atoms with van der Waals surface area (Å²) in [5.74, 6) is 1.18. The Bertz CT molecular complexity index is 2880. The molecule has 3 aliphatic carbocycles. The van der Waals surface area contributed by atoms with E-state index in [1.807, 2.05) is 18.2 Å². The average molecular weight is 1120 g/mol. The second-order valence-electron chi connectivity index (χ2n) is 20.3. The molecule has 0 unspecified atom stereocenters. The molecule has 3 aromatic carbocycles. The van der Waals surface area contributed by atoms with Crippen LogP contribution in [0.5, 0.6) is 0 Å². The van der Waals surface area contributed by atoms with Crippen LogP contribution in [-0.4, -0.2) is 94.2 Å². The number of aromatic nitrogens is 3. The van der Waals surface area contributed by atoms with Crippen LogP contribution >= 0.6 is 34.0 Å². The van der Waals surface area contributed by atoms with Crippen molar-refractivity contribution in [2.75, 3.05) is 41.3 Å². The lowest BCUT2D eigenvalue weighted by atomic mass is 9.86. The Labute approximate surface area is 444 Å². The molecule has 402 valence electrons. The third-order valence-corrected chi connectivity index (χ3v) is 21.9. The largest absolute Gasteiger partial charge is 0.359 e. The number of thiazole rings is 3. The number of halogens is 1. The van der Waals surface area contributed by atoms with Gasteiger partial charge in [-0.2, -0.15) is 0 Å². The lowest BCUT2D eigenvalue weighted by Crippen LogP contribution is -2.37. The van der Waals surface area contributed by atoms with Crippen LogP contribution in [0.4, 0.5) is 19.8 Å². The molecule has 0 aliphatic heterocycles. The normalized spacial score (nSPS) is 21.9. The maximum absolute atomic E-state index is 13.3. The predicted molar refractivity (Wildman–Crippen MR) is 303 cm³/mol. The monoisotopic (exact) mass is 1120 g/mol. The number of hydrogen-bond donors (Lipinski definition) is 6. The van der Waals surface area contributed by atoms with Crippen LogP contribution < -0.4 is 30.1 Å². The van der Waals surface area contributed by atoms with Crippen LogP contribution in [0.3, 0.4) is 0 Å². The third-order valence-electron chi connectivity index (χ3n) is 14.1. The van der Waals surface area contributed by atoms with E-state index in [0.29, 0.717) is 55.5 Å². The van der Waals surface area contributed by atoms with Gasteiger partial charge in [-0.15, -0.1) is 0 Å². The summed E-state index contributed by atoms with van der Waals surface area (Å²) in [5, 5.41) is 12.6. The first-order chi connectivity index (χ1) is 34.7. The maximum atomic E-state index is 13.3. The first-order valence-electron chi connectivity index (χ1n) is 25.7. The van der Waals surface area contributed by atoms with Gasteiger partial charge in [0, 0.05) is 37.8 Å². The van der Waals surface area contributed by atoms with Gasteiger partial charge in [0.1, 0.15) is 5.82 Å². The first-order valence-corrected chi connectivity index (χ1v) is 32.9. The van der Waals surface area contributed by atoms with Gasteiger partial charge in [0.05, 0.1) is 46.9 Å². The molecule has 3 aliphatic rings. The molecular formula is C51H74FN9O6S6. The number of nitrogens with one attached hydrogen (secondary N) is 6. The summed E-state index contributed by atoms with van der Waals surface area (Å²) in [6.07, 6.45) is 12.4. The van der Waals surface area contributed by atoms with E-state index in [2.05, 4.69) is 71.3 Å². The molecule has 3 fully saturated rings. The predicted octanol–water partition coefficient (Wildman–Crippen LogP) is 10.8. The lowest BCUT2D eigenvalue weighted by molar-refractivity contribution is 0.337. The maximum Gasteiger partial charge on any atom is 0.213 e. The Morgan fingerprint density at radius 1 is 0.521 bits per heavy atom. The van der Waals surface area contributed by atoms with E-state index in [0.717, 1.165) is 114 Å². The molecular weight excluding hydrogens is 1050 g/mol. The molecule has 73 heavy (non-hydrogen) atoms. The van der Waals surface area contributed by atoms with Crippen molar-refractivity contribution in [3.8, 4) is 0 Å². The highest BCUT2D eigenvalue weighted by atomic mass is 32.2. The van der Waals surface area contributed by atoms with Crippen molar-refractivity contribution in [2.24, 2.45) is 17.8 Å². The standard InChI is InChI=1S/C18H27N3O2S2.C17H24FN3O2S2.C16H23N3O2S2/c1-12(2)25(22,23)19-11-14-5-7-15(8-6-14)20-18-21-16-10-13(3)4-9-17(16)24-18;1-11(2)25(22,23)19-10-12-3-6-14(7-4-12)20-17-21-15-8-5-13(18)9-16(15)24-17;1-2-23(20,21)17-11-12-7-9-13(10-8-12)18-16-19-14-5-3-4-6-15(14)22-16/h4,9-10,12,14-15,19H,5-8,11H2,1-3H3,(H,20,21);5,8-9,11-12,14,19H,3-4,6-7,10H2,1-2H3,(H,20,21);3-6,12-13,17H,2,7-11H2,1H3,(H,18,19). The molecule has 3 saturated carbocycles. The minimum atomic E-state index is -3.18. The highest BCUT2D eigenvalue weighted by molar-refractivity contribution is 7.90. The Morgan fingerprint density at radius 2 is 0.932 bits per heavy atom. The van der Waals surface area contributed by atoms with E-state index in [-0.39, 0.29) is 16.8 Å². The molecule has 9 rings (SSSR count). The van der Waals surface area contributed by atoms with Gasteiger partial charge in [-0.1, -0.05) is 52.2 Å². The number of rotatable bonds is 18. The van der Waals surface area contributed by atoms with Gasteiger partial charge < -0.3 is 16.0 Å². The molecule has 6 N–H and O–H groups in total. The Morgan fingerprint density at radius 3 is 1.38 bits per heavy atom. The lowest BCUT2D eigenvalue weighted by Gasteiger charge is -2.29. The number of fused-ring (bicyclic) bond motifs is 3. The summed E-state index contributed by atoms with van der Waals surface area (Å²) >= 11 is 4.87. The summed E-state index contributed by atoms with van der Waals surface area (Å²) in [6.45, 7) is 12.2. The number of nitrogens with zero attached hydrogens (tertiary/aromatic N) is 3. The van der Waals surface area contributed by atoms with Gasteiger partial charge in [0.15, 0.2) is 15.4 Å². The van der Waals surface area contributed by atoms with Crippen LogP contribution in [0.25, 0.3) is 30.6 Å². The Balaban J connectivity index is 0.000000160. The fourth-order valence-corrected chi connectivity index (χ4v) is 14.3. The van der Waals surface area contributed by atoms with Gasteiger partial charge in [-0.05, 0) is 184 Å². The highest BCUT2D eigenvalue weighted by Crippen LogP contribution is 2.34. The summed E-state index contributed by atoms with van der Waals surface area (Å²) in [4.78, 5) is 13.8. The number of sulfonamides is 3. The molecule has 0 amide bonds. The fraction of sp³-hybridized carbons (Fsp3) is 0.588. The van der Waals surface area contributed by atoms with Gasteiger partial charge in [0.2, 0.25) is 30.1 Å². The zero-order valence-corrected chi connectivity index (χ0v) is 47.7. The quantitative estimate of drug-likeness (QED) is 0.0474. The van der Waals surface area contributed by atoms with E-state index >= 15 is 0 Å². The van der Waals surface area contributed by atoms with Crippen LogP contribution in [-0.2, 0) is 30.1 Å². The molecule has 0 saturated heterocycles. The van der Waals surface area contributed by atoms with Crippen molar-refractivity contribution in [1.82, 2.24) is 29.1 Å². The minimum Gasteiger partial charge on any atom is -0.359 e. The summed E-state index contributed by atoms with van der Waals surface area (Å²) in [7, 11) is -9.40. The first kappa shape index (κ1) is 57.1. The molecule has 0 bridgehead atoms. The van der Waals surface area contributed by atoms with Crippen LogP contribution in [0.2, 0.25) is 0 Å². The van der Waals surface area contributed by atoms with E-state index in [1.165, 1.54) is 38.4 Å². The molecule has 6 aromatic rings. The number of benzene rings is 3. The molecule has 0 atom stereocenters. The molecule has 15 nitrogen and oxygen atoms in total. The van der Waals surface area contributed by atoms with Crippen LogP contribution in [0, 0.1) is 30.5 Å². The van der Waals surface area contributed by atoms with Crippen molar-refractivity contribution in [1.29, 1.82) is 0 Å². The molecule has 0 spiro atoms. The summed E-state index contributed by atoms with van der Waals surface area (Å²) in [6, 6.07) is 20.4. The Hall–Kier alpha value is -3.61. The second kappa shape index (κ2) is 26.0. The van der Waals surface area contributed by atoms with E-state index in [1.54, 1.807) is 63.4 Å². The van der Waals surface area contributed by atoms with Gasteiger partial charge in [-0.3, -0.25) is 0 Å². The smallest absolute Gasteiger partial charge is 0.213 e. The van der Waals surface area contributed by atoms with Crippen molar-refractivity contribution < 1.29 is 29.6 Å². The second-order valence-corrected chi connectivity index (χ2v) is 30.2. The third kappa shape index (κ3) is 17.2. The SMILES string of the molecule is CC(C)S(=O)(=O)NCC1CCC(Nc2nc3ccc(F)cc3s2)CC1.CCS(=O)(=O)NCC1CCC(Nc2nc3ccccc3s2)CC1.Cc1ccc2sc(NC3CCC(CNS(=O)(=O)C(C)C)CC3)nc2c1. The number of hydrogen-bond acceptors (Lipinski definition) is 15. The Kier molecular flexibility index (Phi) is 20.3. The molecule has 3 heterocycles. The molecule has 3 aromatic heterocycles. The zero-order valence-electron chi connectivity index (χ0n) is 42.8. The number of anilines is 3. The minimum absolute atomic E-state index is 0.154. The molecule has 0 radical (unpaired) electrons. The molecule has 22 heteroatoms. The average Bonchev–Trinajstić information content (AvgIpc) is 4.09. The van der Waals surface area contributed by atoms with Crippen molar-refractivity contribution in [2.45, 2.75) is 147 Å². The van der Waals surface area contributed by atoms with E-state index in [9.17, 15) is 29.6 Å². The van der Waals surface area contributed by atoms with Gasteiger partial charge >= 0.3 is 0 Å². The van der Waals surface area contributed by atoms with E-state index < -0.39 is 35.3 Å². The topological polar surface area (TPSA) is 213 Å². The number of aryl methyl sites for hydroxylation is 1.